The third-order valence-electron chi connectivity index (χ3n) is 2.23. The highest BCUT2D eigenvalue weighted by Gasteiger charge is 2.03. The molecule has 4 nitrogen and oxygen atoms in total. The van der Waals surface area contributed by atoms with Crippen molar-refractivity contribution < 1.29 is 9.53 Å². The largest absolute Gasteiger partial charge is 0.381 e. The summed E-state index contributed by atoms with van der Waals surface area (Å²) in [5.41, 5.74) is 5.78. The van der Waals surface area contributed by atoms with Crippen molar-refractivity contribution in [3.05, 3.63) is 21.9 Å². The van der Waals surface area contributed by atoms with Gasteiger partial charge < -0.3 is 15.8 Å². The first-order chi connectivity index (χ1) is 8.24. The Hall–Kier alpha value is -0.910. The third-order valence-corrected chi connectivity index (χ3v) is 3.16. The maximum absolute atomic E-state index is 10.9. The van der Waals surface area contributed by atoms with Gasteiger partial charge in [-0.05, 0) is 25.5 Å². The molecule has 0 saturated heterocycles. The molecule has 0 atom stereocenters. The van der Waals surface area contributed by atoms with Crippen molar-refractivity contribution in [1.29, 1.82) is 0 Å². The average molecular weight is 256 g/mol. The highest BCUT2D eigenvalue weighted by Crippen LogP contribution is 2.13. The Balaban J connectivity index is 2.07. The summed E-state index contributed by atoms with van der Waals surface area (Å²) < 4.78 is 5.37. The van der Waals surface area contributed by atoms with Crippen LogP contribution in [0.1, 0.15) is 35.0 Å². The Morgan fingerprint density at radius 3 is 3.00 bits per heavy atom. The van der Waals surface area contributed by atoms with Crippen LogP contribution in [0.3, 0.4) is 0 Å². The highest BCUT2D eigenvalue weighted by atomic mass is 32.1. The number of nitrogens with one attached hydrogen (secondary N) is 1. The molecule has 0 aliphatic carbocycles. The normalized spacial score (nSPS) is 10.6. The number of thiophene rings is 1. The Morgan fingerprint density at radius 1 is 1.53 bits per heavy atom. The lowest BCUT2D eigenvalue weighted by atomic mass is 10.3. The summed E-state index contributed by atoms with van der Waals surface area (Å²) in [6, 6.07) is 1.84. The molecule has 0 fully saturated rings. The summed E-state index contributed by atoms with van der Waals surface area (Å²) in [5, 5.41) is 5.10. The molecule has 0 unspecified atom stereocenters. The number of hydrogen-bond donors (Lipinski definition) is 2. The summed E-state index contributed by atoms with van der Waals surface area (Å²) >= 11 is 1.56. The Bertz CT molecular complexity index is 339. The average Bonchev–Trinajstić information content (AvgIpc) is 2.77. The van der Waals surface area contributed by atoms with Gasteiger partial charge in [-0.1, -0.05) is 6.92 Å². The molecule has 3 N–H and O–H groups in total. The second-order valence-electron chi connectivity index (χ2n) is 3.81. The number of rotatable bonds is 9. The number of amides is 1. The Kier molecular flexibility index (Phi) is 6.84. The van der Waals surface area contributed by atoms with Crippen LogP contribution in [0, 0.1) is 0 Å². The first-order valence-corrected chi connectivity index (χ1v) is 6.77. The van der Waals surface area contributed by atoms with Gasteiger partial charge in [0.05, 0.1) is 5.56 Å². The predicted octanol–water partition coefficient (Wildman–Crippen LogP) is 1.75. The molecule has 0 spiro atoms. The van der Waals surface area contributed by atoms with Crippen molar-refractivity contribution in [1.82, 2.24) is 5.32 Å². The maximum Gasteiger partial charge on any atom is 0.249 e. The molecule has 0 bridgehead atoms. The monoisotopic (exact) mass is 256 g/mol. The van der Waals surface area contributed by atoms with E-state index in [9.17, 15) is 4.79 Å². The molecule has 0 aliphatic rings. The van der Waals surface area contributed by atoms with Crippen molar-refractivity contribution in [3.8, 4) is 0 Å². The zero-order valence-electron chi connectivity index (χ0n) is 10.2. The Morgan fingerprint density at radius 2 is 2.35 bits per heavy atom. The molecular weight excluding hydrogens is 236 g/mol. The van der Waals surface area contributed by atoms with E-state index in [1.165, 1.54) is 0 Å². The van der Waals surface area contributed by atoms with Crippen LogP contribution in [0.2, 0.25) is 0 Å². The van der Waals surface area contributed by atoms with E-state index in [1.54, 1.807) is 16.7 Å². The van der Waals surface area contributed by atoms with Gasteiger partial charge in [0.1, 0.15) is 0 Å². The highest BCUT2D eigenvalue weighted by molar-refractivity contribution is 7.10. The maximum atomic E-state index is 10.9. The molecule has 1 heterocycles. The lowest BCUT2D eigenvalue weighted by Gasteiger charge is -2.03. The summed E-state index contributed by atoms with van der Waals surface area (Å²) in [7, 11) is 0. The Labute approximate surface area is 106 Å². The van der Waals surface area contributed by atoms with E-state index in [0.29, 0.717) is 5.56 Å². The quantitative estimate of drug-likeness (QED) is 0.662. The second kappa shape index (κ2) is 8.22. The van der Waals surface area contributed by atoms with Crippen molar-refractivity contribution in [2.45, 2.75) is 26.3 Å². The van der Waals surface area contributed by atoms with Crippen LogP contribution in [-0.4, -0.2) is 25.7 Å². The van der Waals surface area contributed by atoms with Gasteiger partial charge >= 0.3 is 0 Å². The van der Waals surface area contributed by atoms with E-state index < -0.39 is 0 Å². The number of nitrogens with two attached hydrogens (primary N) is 1. The summed E-state index contributed by atoms with van der Waals surface area (Å²) in [6.07, 6.45) is 2.08. The van der Waals surface area contributed by atoms with Gasteiger partial charge in [0.2, 0.25) is 5.91 Å². The molecule has 0 aliphatic heterocycles. The topological polar surface area (TPSA) is 64.3 Å². The molecule has 1 aromatic rings. The van der Waals surface area contributed by atoms with Crippen molar-refractivity contribution in [2.75, 3.05) is 19.8 Å². The lowest BCUT2D eigenvalue weighted by Crippen LogP contribution is -2.16. The summed E-state index contributed by atoms with van der Waals surface area (Å²) in [5.74, 6) is -0.361. The molecular formula is C12H20N2O2S. The zero-order valence-corrected chi connectivity index (χ0v) is 11.0. The van der Waals surface area contributed by atoms with Gasteiger partial charge in [-0.2, -0.15) is 0 Å². The van der Waals surface area contributed by atoms with Crippen LogP contribution in [0.15, 0.2) is 11.4 Å². The fourth-order valence-electron chi connectivity index (χ4n) is 1.36. The van der Waals surface area contributed by atoms with Crippen LogP contribution in [0.4, 0.5) is 0 Å². The molecule has 0 saturated carbocycles. The minimum Gasteiger partial charge on any atom is -0.381 e. The SMILES string of the molecule is CCCOCCCNCc1cc(C(N)=O)cs1. The van der Waals surface area contributed by atoms with E-state index in [2.05, 4.69) is 12.2 Å². The van der Waals surface area contributed by atoms with Gasteiger partial charge in [0.15, 0.2) is 0 Å². The number of primary amides is 1. The molecule has 5 heteroatoms. The second-order valence-corrected chi connectivity index (χ2v) is 4.80. The molecule has 17 heavy (non-hydrogen) atoms. The summed E-state index contributed by atoms with van der Waals surface area (Å²) in [6.45, 7) is 5.45. The first-order valence-electron chi connectivity index (χ1n) is 5.89. The minimum absolute atomic E-state index is 0.361. The van der Waals surface area contributed by atoms with Gasteiger partial charge in [-0.3, -0.25) is 4.79 Å². The van der Waals surface area contributed by atoms with E-state index in [4.69, 9.17) is 10.5 Å². The number of carbonyl (C=O) groups is 1. The fourth-order valence-corrected chi connectivity index (χ4v) is 2.20. The van der Waals surface area contributed by atoms with Crippen LogP contribution in [0.5, 0.6) is 0 Å². The van der Waals surface area contributed by atoms with E-state index in [0.717, 1.165) is 44.0 Å². The van der Waals surface area contributed by atoms with Gasteiger partial charge in [-0.25, -0.2) is 0 Å². The van der Waals surface area contributed by atoms with Gasteiger partial charge in [0, 0.05) is 30.0 Å². The smallest absolute Gasteiger partial charge is 0.249 e. The predicted molar refractivity (Wildman–Crippen MR) is 70.3 cm³/mol. The van der Waals surface area contributed by atoms with E-state index >= 15 is 0 Å². The minimum atomic E-state index is -0.361. The molecule has 0 radical (unpaired) electrons. The van der Waals surface area contributed by atoms with Crippen LogP contribution < -0.4 is 11.1 Å². The third kappa shape index (κ3) is 5.81. The number of carbonyl (C=O) groups excluding carboxylic acids is 1. The van der Waals surface area contributed by atoms with Crippen LogP contribution >= 0.6 is 11.3 Å². The standard InChI is InChI=1S/C12H20N2O2S/c1-2-5-16-6-3-4-14-8-11-7-10(9-17-11)12(13)15/h7,9,14H,2-6,8H2,1H3,(H2,13,15). The molecule has 1 rings (SSSR count). The van der Waals surface area contributed by atoms with Crippen LogP contribution in [-0.2, 0) is 11.3 Å². The fraction of sp³-hybridized carbons (Fsp3) is 0.583. The van der Waals surface area contributed by atoms with Crippen molar-refractivity contribution >= 4 is 17.2 Å². The molecule has 1 amide bonds. The van der Waals surface area contributed by atoms with Crippen molar-refractivity contribution in [2.24, 2.45) is 5.73 Å². The van der Waals surface area contributed by atoms with Gasteiger partial charge in [-0.15, -0.1) is 11.3 Å². The number of ether oxygens (including phenoxy) is 1. The summed E-state index contributed by atoms with van der Waals surface area (Å²) in [4.78, 5) is 12.0. The van der Waals surface area contributed by atoms with E-state index in [1.807, 2.05) is 6.07 Å². The first kappa shape index (κ1) is 14.2. The molecule has 0 aromatic carbocycles. The molecule has 1 aromatic heterocycles. The van der Waals surface area contributed by atoms with Crippen molar-refractivity contribution in [3.63, 3.8) is 0 Å². The zero-order chi connectivity index (χ0) is 12.5. The van der Waals surface area contributed by atoms with Gasteiger partial charge in [0.25, 0.3) is 0 Å². The number of hydrogen-bond acceptors (Lipinski definition) is 4. The van der Waals surface area contributed by atoms with Crippen LogP contribution in [0.25, 0.3) is 0 Å². The molecule has 96 valence electrons. The lowest BCUT2D eigenvalue weighted by molar-refractivity contribution is 0.100. The van der Waals surface area contributed by atoms with E-state index in [-0.39, 0.29) is 5.91 Å².